The van der Waals surface area contributed by atoms with Crippen LogP contribution in [0.1, 0.15) is 32.3 Å². The van der Waals surface area contributed by atoms with E-state index in [0.29, 0.717) is 6.42 Å². The Hall–Kier alpha value is -1.51. The quantitative estimate of drug-likeness (QED) is 0.773. The van der Waals surface area contributed by atoms with Crippen LogP contribution in [0.15, 0.2) is 24.3 Å². The lowest BCUT2D eigenvalue weighted by atomic mass is 9.92. The van der Waals surface area contributed by atoms with Crippen molar-refractivity contribution in [1.29, 1.82) is 0 Å². The molecule has 1 amide bonds. The third-order valence-electron chi connectivity index (χ3n) is 3.37. The van der Waals surface area contributed by atoms with Gasteiger partial charge in [0.1, 0.15) is 0 Å². The molecule has 1 aliphatic rings. The standard InChI is InChI=1S/C13H18N2O/c1-13(2,15-9-3-4-12(15)16)10-5-7-11(14)8-6-10/h5-8H,3-4,9,14H2,1-2H3. The molecule has 1 saturated heterocycles. The lowest BCUT2D eigenvalue weighted by molar-refractivity contribution is -0.132. The number of anilines is 1. The summed E-state index contributed by atoms with van der Waals surface area (Å²) in [5.74, 6) is 0.252. The highest BCUT2D eigenvalue weighted by molar-refractivity contribution is 5.79. The molecule has 0 unspecified atom stereocenters. The number of amides is 1. The summed E-state index contributed by atoms with van der Waals surface area (Å²) in [6, 6.07) is 7.77. The Morgan fingerprint density at radius 2 is 1.88 bits per heavy atom. The number of nitrogen functional groups attached to an aromatic ring is 1. The molecular weight excluding hydrogens is 200 g/mol. The Morgan fingerprint density at radius 1 is 1.25 bits per heavy atom. The molecule has 0 radical (unpaired) electrons. The third kappa shape index (κ3) is 1.77. The zero-order chi connectivity index (χ0) is 11.8. The summed E-state index contributed by atoms with van der Waals surface area (Å²) in [6.45, 7) is 5.03. The maximum Gasteiger partial charge on any atom is 0.223 e. The number of benzene rings is 1. The molecule has 0 atom stereocenters. The van der Waals surface area contributed by atoms with Crippen LogP contribution < -0.4 is 5.73 Å². The minimum atomic E-state index is -0.235. The van der Waals surface area contributed by atoms with E-state index < -0.39 is 0 Å². The molecule has 1 aromatic rings. The number of nitrogens with two attached hydrogens (primary N) is 1. The minimum Gasteiger partial charge on any atom is -0.399 e. The van der Waals surface area contributed by atoms with E-state index in [2.05, 4.69) is 13.8 Å². The van der Waals surface area contributed by atoms with Crippen molar-refractivity contribution < 1.29 is 4.79 Å². The van der Waals surface area contributed by atoms with Gasteiger partial charge in [-0.05, 0) is 38.0 Å². The van der Waals surface area contributed by atoms with Gasteiger partial charge in [0.05, 0.1) is 5.54 Å². The first-order valence-electron chi connectivity index (χ1n) is 5.68. The van der Waals surface area contributed by atoms with Crippen LogP contribution in [0.3, 0.4) is 0 Å². The lowest BCUT2D eigenvalue weighted by Crippen LogP contribution is -2.42. The van der Waals surface area contributed by atoms with Gasteiger partial charge in [0.15, 0.2) is 0 Å². The van der Waals surface area contributed by atoms with Crippen molar-refractivity contribution in [2.24, 2.45) is 0 Å². The Labute approximate surface area is 96.2 Å². The van der Waals surface area contributed by atoms with E-state index in [4.69, 9.17) is 5.73 Å². The molecule has 1 fully saturated rings. The normalized spacial score (nSPS) is 16.9. The van der Waals surface area contributed by atoms with Crippen LogP contribution in [0.25, 0.3) is 0 Å². The van der Waals surface area contributed by atoms with Gasteiger partial charge < -0.3 is 10.6 Å². The van der Waals surface area contributed by atoms with Crippen molar-refractivity contribution >= 4 is 11.6 Å². The van der Waals surface area contributed by atoms with E-state index in [-0.39, 0.29) is 11.4 Å². The van der Waals surface area contributed by atoms with Gasteiger partial charge in [-0.1, -0.05) is 12.1 Å². The van der Waals surface area contributed by atoms with Gasteiger partial charge in [-0.15, -0.1) is 0 Å². The second kappa shape index (κ2) is 3.81. The number of carbonyl (C=O) groups is 1. The van der Waals surface area contributed by atoms with Crippen LogP contribution in [0.2, 0.25) is 0 Å². The fourth-order valence-corrected chi connectivity index (χ4v) is 2.29. The number of carbonyl (C=O) groups excluding carboxylic acids is 1. The van der Waals surface area contributed by atoms with Crippen molar-refractivity contribution in [2.75, 3.05) is 12.3 Å². The Balaban J connectivity index is 2.30. The average Bonchev–Trinajstić information content (AvgIpc) is 2.66. The number of rotatable bonds is 2. The van der Waals surface area contributed by atoms with E-state index in [1.54, 1.807) is 0 Å². The molecule has 0 aliphatic carbocycles. The summed E-state index contributed by atoms with van der Waals surface area (Å²) in [6.07, 6.45) is 1.65. The zero-order valence-corrected chi connectivity index (χ0v) is 9.86. The number of hydrogen-bond acceptors (Lipinski definition) is 2. The molecule has 2 rings (SSSR count). The zero-order valence-electron chi connectivity index (χ0n) is 9.86. The van der Waals surface area contributed by atoms with Crippen molar-refractivity contribution in [3.8, 4) is 0 Å². The van der Waals surface area contributed by atoms with E-state index >= 15 is 0 Å². The number of nitrogens with zero attached hydrogens (tertiary/aromatic N) is 1. The molecule has 1 heterocycles. The maximum atomic E-state index is 11.8. The van der Waals surface area contributed by atoms with Crippen LogP contribution in [0.4, 0.5) is 5.69 Å². The third-order valence-corrected chi connectivity index (χ3v) is 3.37. The van der Waals surface area contributed by atoms with Gasteiger partial charge in [0, 0.05) is 18.7 Å². The Morgan fingerprint density at radius 3 is 2.38 bits per heavy atom. The SMILES string of the molecule is CC(C)(c1ccc(N)cc1)N1CCCC1=O. The van der Waals surface area contributed by atoms with Gasteiger partial charge in [-0.25, -0.2) is 0 Å². The minimum absolute atomic E-state index is 0.235. The monoisotopic (exact) mass is 218 g/mol. The molecule has 0 saturated carbocycles. The predicted molar refractivity (Wildman–Crippen MR) is 64.8 cm³/mol. The summed E-state index contributed by atoms with van der Waals surface area (Å²) < 4.78 is 0. The highest BCUT2D eigenvalue weighted by Gasteiger charge is 2.35. The predicted octanol–water partition coefficient (Wildman–Crippen LogP) is 2.13. The molecule has 3 heteroatoms. The fourth-order valence-electron chi connectivity index (χ4n) is 2.29. The number of hydrogen-bond donors (Lipinski definition) is 1. The van der Waals surface area contributed by atoms with Gasteiger partial charge in [0.25, 0.3) is 0 Å². The van der Waals surface area contributed by atoms with Crippen molar-refractivity contribution in [3.05, 3.63) is 29.8 Å². The van der Waals surface area contributed by atoms with Crippen LogP contribution in [0, 0.1) is 0 Å². The Bertz CT molecular complexity index is 395. The first-order chi connectivity index (χ1) is 7.51. The van der Waals surface area contributed by atoms with Crippen LogP contribution in [0.5, 0.6) is 0 Å². The second-order valence-electron chi connectivity index (χ2n) is 4.83. The smallest absolute Gasteiger partial charge is 0.223 e. The van der Waals surface area contributed by atoms with Crippen LogP contribution in [-0.2, 0) is 10.3 Å². The van der Waals surface area contributed by atoms with Crippen LogP contribution in [-0.4, -0.2) is 17.4 Å². The van der Waals surface area contributed by atoms with Crippen molar-refractivity contribution in [1.82, 2.24) is 4.90 Å². The molecule has 1 aromatic carbocycles. The van der Waals surface area contributed by atoms with Gasteiger partial charge in [0.2, 0.25) is 5.91 Å². The molecule has 0 spiro atoms. The topological polar surface area (TPSA) is 46.3 Å². The maximum absolute atomic E-state index is 11.8. The molecule has 0 bridgehead atoms. The summed E-state index contributed by atoms with van der Waals surface area (Å²) in [7, 11) is 0. The summed E-state index contributed by atoms with van der Waals surface area (Å²) >= 11 is 0. The van der Waals surface area contributed by atoms with Crippen LogP contribution >= 0.6 is 0 Å². The lowest BCUT2D eigenvalue weighted by Gasteiger charge is -2.36. The summed E-state index contributed by atoms with van der Waals surface area (Å²) in [4.78, 5) is 13.7. The first-order valence-corrected chi connectivity index (χ1v) is 5.68. The number of likely N-dealkylation sites (tertiary alicyclic amines) is 1. The van der Waals surface area contributed by atoms with E-state index in [9.17, 15) is 4.79 Å². The molecule has 1 aliphatic heterocycles. The van der Waals surface area contributed by atoms with E-state index in [0.717, 1.165) is 24.2 Å². The van der Waals surface area contributed by atoms with E-state index in [1.165, 1.54) is 0 Å². The van der Waals surface area contributed by atoms with Gasteiger partial charge >= 0.3 is 0 Å². The highest BCUT2D eigenvalue weighted by Crippen LogP contribution is 2.31. The molecule has 0 aromatic heterocycles. The summed E-state index contributed by atoms with van der Waals surface area (Å²) in [5, 5.41) is 0. The average molecular weight is 218 g/mol. The second-order valence-corrected chi connectivity index (χ2v) is 4.83. The summed E-state index contributed by atoms with van der Waals surface area (Å²) in [5.41, 5.74) is 7.33. The molecule has 3 nitrogen and oxygen atoms in total. The molecular formula is C13H18N2O. The molecule has 16 heavy (non-hydrogen) atoms. The highest BCUT2D eigenvalue weighted by atomic mass is 16.2. The van der Waals surface area contributed by atoms with Gasteiger partial charge in [-0.2, -0.15) is 0 Å². The molecule has 86 valence electrons. The largest absolute Gasteiger partial charge is 0.399 e. The Kier molecular flexibility index (Phi) is 2.62. The van der Waals surface area contributed by atoms with E-state index in [1.807, 2.05) is 29.2 Å². The van der Waals surface area contributed by atoms with Gasteiger partial charge in [-0.3, -0.25) is 4.79 Å². The fraction of sp³-hybridized carbons (Fsp3) is 0.462. The molecule has 2 N–H and O–H groups in total. The van der Waals surface area contributed by atoms with Crippen molar-refractivity contribution in [3.63, 3.8) is 0 Å². The van der Waals surface area contributed by atoms with Crippen molar-refractivity contribution in [2.45, 2.75) is 32.2 Å². The first kappa shape index (κ1) is 11.0.